The number of aryl methyl sites for hydroxylation is 1. The number of sulfonamides is 1. The first-order valence-corrected chi connectivity index (χ1v) is 17.5. The second-order valence-electron chi connectivity index (χ2n) is 10.7. The molecule has 2 amide bonds. The summed E-state index contributed by atoms with van der Waals surface area (Å²) >= 11 is 25.0. The van der Waals surface area contributed by atoms with E-state index in [1.54, 1.807) is 30.3 Å². The molecule has 0 aliphatic carbocycles. The number of carbonyl (C=O) groups is 2. The predicted molar refractivity (Wildman–Crippen MR) is 186 cm³/mol. The number of nitrogens with zero attached hydrogens (tertiary/aromatic N) is 2. The molecular formula is C34H33Cl4N3O4S. The average molecular weight is 722 g/mol. The second kappa shape index (κ2) is 16.0. The van der Waals surface area contributed by atoms with Gasteiger partial charge in [-0.25, -0.2) is 8.42 Å². The summed E-state index contributed by atoms with van der Waals surface area (Å²) in [5.74, 6) is -0.998. The zero-order chi connectivity index (χ0) is 33.4. The van der Waals surface area contributed by atoms with Gasteiger partial charge in [-0.2, -0.15) is 0 Å². The Kier molecular flexibility index (Phi) is 12.4. The molecule has 46 heavy (non-hydrogen) atoms. The smallest absolute Gasteiger partial charge is 0.264 e. The molecule has 7 nitrogen and oxygen atoms in total. The summed E-state index contributed by atoms with van der Waals surface area (Å²) in [7, 11) is -4.29. The zero-order valence-corrected chi connectivity index (χ0v) is 29.1. The van der Waals surface area contributed by atoms with Gasteiger partial charge in [0.15, 0.2) is 0 Å². The third-order valence-electron chi connectivity index (χ3n) is 7.24. The van der Waals surface area contributed by atoms with E-state index in [-0.39, 0.29) is 44.5 Å². The first-order valence-electron chi connectivity index (χ1n) is 14.5. The van der Waals surface area contributed by atoms with Gasteiger partial charge in [-0.1, -0.05) is 107 Å². The monoisotopic (exact) mass is 719 g/mol. The van der Waals surface area contributed by atoms with E-state index in [0.29, 0.717) is 23.6 Å². The van der Waals surface area contributed by atoms with Gasteiger partial charge in [0.1, 0.15) is 12.6 Å². The topological polar surface area (TPSA) is 86.8 Å². The normalized spacial score (nSPS) is 12.0. The molecule has 242 valence electrons. The van der Waals surface area contributed by atoms with E-state index < -0.39 is 28.5 Å². The maximum Gasteiger partial charge on any atom is 0.264 e. The summed E-state index contributed by atoms with van der Waals surface area (Å²) in [6.45, 7) is 3.48. The van der Waals surface area contributed by atoms with Crippen LogP contribution in [0.3, 0.4) is 0 Å². The van der Waals surface area contributed by atoms with Crippen molar-refractivity contribution in [3.63, 3.8) is 0 Å². The SMILES string of the molecule is CCCNC(=O)C(Cc1ccccc1)N(Cc1ccc(Cl)c(Cl)c1)C(=O)CN(c1ccc(Cl)c(Cl)c1)S(=O)(=O)c1ccc(C)cc1. The van der Waals surface area contributed by atoms with Gasteiger partial charge in [-0.3, -0.25) is 13.9 Å². The lowest BCUT2D eigenvalue weighted by Gasteiger charge is -2.34. The van der Waals surface area contributed by atoms with Crippen molar-refractivity contribution in [3.8, 4) is 0 Å². The third kappa shape index (κ3) is 8.96. The molecule has 12 heteroatoms. The molecule has 0 aliphatic rings. The van der Waals surface area contributed by atoms with Crippen LogP contribution in [-0.4, -0.2) is 44.3 Å². The molecule has 0 bridgehead atoms. The van der Waals surface area contributed by atoms with Crippen LogP contribution in [0.5, 0.6) is 0 Å². The van der Waals surface area contributed by atoms with Gasteiger partial charge >= 0.3 is 0 Å². The Morgan fingerprint density at radius 2 is 1.41 bits per heavy atom. The Bertz CT molecular complexity index is 1790. The Morgan fingerprint density at radius 3 is 2.02 bits per heavy atom. The molecule has 1 N–H and O–H groups in total. The van der Waals surface area contributed by atoms with E-state index in [0.717, 1.165) is 15.4 Å². The zero-order valence-electron chi connectivity index (χ0n) is 25.2. The van der Waals surface area contributed by atoms with Gasteiger partial charge in [0.25, 0.3) is 10.0 Å². The minimum Gasteiger partial charge on any atom is -0.354 e. The van der Waals surface area contributed by atoms with Crippen molar-refractivity contribution >= 4 is 73.9 Å². The van der Waals surface area contributed by atoms with E-state index >= 15 is 0 Å². The molecule has 1 atom stereocenters. The van der Waals surface area contributed by atoms with E-state index in [9.17, 15) is 18.0 Å². The lowest BCUT2D eigenvalue weighted by Crippen LogP contribution is -2.53. The molecule has 0 heterocycles. The van der Waals surface area contributed by atoms with Crippen LogP contribution in [0.2, 0.25) is 20.1 Å². The molecule has 0 aliphatic heterocycles. The summed E-state index contributed by atoms with van der Waals surface area (Å²) < 4.78 is 29.3. The number of benzene rings is 4. The number of halogens is 4. The number of amides is 2. The Labute approximate surface area is 290 Å². The van der Waals surface area contributed by atoms with Gasteiger partial charge in [-0.05, 0) is 66.9 Å². The number of carbonyl (C=O) groups excluding carboxylic acids is 2. The molecule has 0 fully saturated rings. The van der Waals surface area contributed by atoms with Crippen molar-refractivity contribution in [2.75, 3.05) is 17.4 Å². The average Bonchev–Trinajstić information content (AvgIpc) is 3.04. The largest absolute Gasteiger partial charge is 0.354 e. The Balaban J connectivity index is 1.82. The fourth-order valence-electron chi connectivity index (χ4n) is 4.76. The van der Waals surface area contributed by atoms with Gasteiger partial charge in [0.2, 0.25) is 11.8 Å². The molecule has 0 spiro atoms. The summed E-state index contributed by atoms with van der Waals surface area (Å²) in [4.78, 5) is 29.6. The molecule has 0 aromatic heterocycles. The number of hydrogen-bond donors (Lipinski definition) is 1. The standard InChI is InChI=1S/C34H33Cl4N3O4S/c1-3-17-39-34(43)32(19-24-7-5-4-6-8-24)40(21-25-11-15-28(35)30(37)18-25)33(42)22-41(26-12-16-29(36)31(38)20-26)46(44,45)27-13-9-23(2)10-14-27/h4-16,18,20,32H,3,17,19,21-22H2,1-2H3,(H,39,43). The molecule has 1 unspecified atom stereocenters. The number of nitrogens with one attached hydrogen (secondary N) is 1. The first kappa shape index (κ1) is 35.6. The fraction of sp³-hybridized carbons (Fsp3) is 0.235. The molecule has 0 radical (unpaired) electrons. The van der Waals surface area contributed by atoms with E-state index in [1.165, 1.54) is 35.2 Å². The van der Waals surface area contributed by atoms with Crippen LogP contribution in [0.4, 0.5) is 5.69 Å². The Hall–Kier alpha value is -3.27. The van der Waals surface area contributed by atoms with Gasteiger partial charge < -0.3 is 10.2 Å². The van der Waals surface area contributed by atoms with E-state index in [2.05, 4.69) is 5.32 Å². The van der Waals surface area contributed by atoms with Crippen LogP contribution in [0.25, 0.3) is 0 Å². The van der Waals surface area contributed by atoms with E-state index in [4.69, 9.17) is 46.4 Å². The van der Waals surface area contributed by atoms with Crippen LogP contribution >= 0.6 is 46.4 Å². The lowest BCUT2D eigenvalue weighted by molar-refractivity contribution is -0.140. The van der Waals surface area contributed by atoms with Crippen molar-refractivity contribution < 1.29 is 18.0 Å². The van der Waals surface area contributed by atoms with Crippen molar-refractivity contribution in [3.05, 3.63) is 128 Å². The van der Waals surface area contributed by atoms with Crippen LogP contribution in [-0.2, 0) is 32.6 Å². The van der Waals surface area contributed by atoms with Crippen LogP contribution in [0.15, 0.2) is 95.9 Å². The highest BCUT2D eigenvalue weighted by molar-refractivity contribution is 7.92. The van der Waals surface area contributed by atoms with E-state index in [1.807, 2.05) is 44.2 Å². The van der Waals surface area contributed by atoms with Crippen LogP contribution in [0.1, 0.15) is 30.0 Å². The van der Waals surface area contributed by atoms with Gasteiger partial charge in [0.05, 0.1) is 30.7 Å². The lowest BCUT2D eigenvalue weighted by atomic mass is 10.0. The minimum atomic E-state index is -4.29. The molecule has 4 rings (SSSR count). The molecular weight excluding hydrogens is 688 g/mol. The number of anilines is 1. The van der Waals surface area contributed by atoms with Crippen molar-refractivity contribution in [2.45, 2.75) is 44.2 Å². The maximum absolute atomic E-state index is 14.5. The van der Waals surface area contributed by atoms with Crippen molar-refractivity contribution in [1.82, 2.24) is 10.2 Å². The van der Waals surface area contributed by atoms with Gasteiger partial charge in [-0.15, -0.1) is 0 Å². The number of rotatable bonds is 13. The quantitative estimate of drug-likeness (QED) is 0.152. The highest BCUT2D eigenvalue weighted by atomic mass is 35.5. The summed E-state index contributed by atoms with van der Waals surface area (Å²) in [6.07, 6.45) is 0.866. The predicted octanol–water partition coefficient (Wildman–Crippen LogP) is 7.97. The molecule has 0 saturated carbocycles. The summed E-state index contributed by atoms with van der Waals surface area (Å²) in [5, 5.41) is 3.86. The Morgan fingerprint density at radius 1 is 0.783 bits per heavy atom. The van der Waals surface area contributed by atoms with Crippen molar-refractivity contribution in [2.24, 2.45) is 0 Å². The molecule has 0 saturated heterocycles. The third-order valence-corrected chi connectivity index (χ3v) is 10.5. The fourth-order valence-corrected chi connectivity index (χ4v) is 6.78. The maximum atomic E-state index is 14.5. The minimum absolute atomic E-state index is 0.0190. The van der Waals surface area contributed by atoms with Crippen LogP contribution < -0.4 is 9.62 Å². The highest BCUT2D eigenvalue weighted by Crippen LogP contribution is 2.31. The van der Waals surface area contributed by atoms with Crippen molar-refractivity contribution in [1.29, 1.82) is 0 Å². The summed E-state index contributed by atoms with van der Waals surface area (Å²) in [5.41, 5.74) is 2.42. The number of hydrogen-bond acceptors (Lipinski definition) is 4. The summed E-state index contributed by atoms with van der Waals surface area (Å²) in [6, 6.07) is 23.9. The second-order valence-corrected chi connectivity index (χ2v) is 14.2. The first-order chi connectivity index (χ1) is 21.9. The molecule has 4 aromatic rings. The molecule has 4 aromatic carbocycles. The van der Waals surface area contributed by atoms with Gasteiger partial charge in [0, 0.05) is 19.5 Å². The van der Waals surface area contributed by atoms with Crippen LogP contribution in [0, 0.1) is 6.92 Å². The highest BCUT2D eigenvalue weighted by Gasteiger charge is 2.35.